The highest BCUT2D eigenvalue weighted by Gasteiger charge is 2.38. The van der Waals surface area contributed by atoms with Crippen molar-refractivity contribution in [2.45, 2.75) is 39.2 Å². The third-order valence-corrected chi connectivity index (χ3v) is 3.85. The highest BCUT2D eigenvalue weighted by molar-refractivity contribution is 5.95. The highest BCUT2D eigenvalue weighted by atomic mass is 16.4. The van der Waals surface area contributed by atoms with Crippen LogP contribution < -0.4 is 10.6 Å². The molecule has 2 rings (SSSR count). The maximum Gasteiger partial charge on any atom is 0.336 e. The number of hydrogen-bond donors (Lipinski definition) is 3. The van der Waals surface area contributed by atoms with E-state index in [0.29, 0.717) is 17.2 Å². The molecule has 5 heteroatoms. The van der Waals surface area contributed by atoms with E-state index in [1.165, 1.54) is 6.07 Å². The summed E-state index contributed by atoms with van der Waals surface area (Å²) < 4.78 is 0. The number of benzene rings is 1. The molecule has 1 aliphatic rings. The van der Waals surface area contributed by atoms with Gasteiger partial charge in [-0.2, -0.15) is 0 Å². The van der Waals surface area contributed by atoms with Crippen LogP contribution in [0.5, 0.6) is 0 Å². The molecule has 0 saturated heterocycles. The molecule has 1 fully saturated rings. The Morgan fingerprint density at radius 1 is 1.30 bits per heavy atom. The van der Waals surface area contributed by atoms with Gasteiger partial charge in [0, 0.05) is 11.2 Å². The number of aromatic carboxylic acids is 1. The molecule has 108 valence electrons. The summed E-state index contributed by atoms with van der Waals surface area (Å²) in [6.07, 6.45) is 2.28. The number of carbonyl (C=O) groups is 2. The van der Waals surface area contributed by atoms with Gasteiger partial charge in [0.25, 0.3) is 0 Å². The average molecular weight is 276 g/mol. The molecule has 1 saturated carbocycles. The van der Waals surface area contributed by atoms with Crippen molar-refractivity contribution >= 4 is 17.7 Å². The van der Waals surface area contributed by atoms with Gasteiger partial charge in [-0.1, -0.05) is 6.07 Å². The molecule has 0 unspecified atom stereocenters. The van der Waals surface area contributed by atoms with E-state index in [-0.39, 0.29) is 17.1 Å². The summed E-state index contributed by atoms with van der Waals surface area (Å²) in [5.74, 6) is -0.468. The van der Waals surface area contributed by atoms with E-state index in [9.17, 15) is 9.59 Å². The first kappa shape index (κ1) is 14.4. The second-order valence-electron chi connectivity index (χ2n) is 5.86. The smallest absolute Gasteiger partial charge is 0.336 e. The summed E-state index contributed by atoms with van der Waals surface area (Å²) in [5, 5.41) is 14.7. The SMILES string of the molecule is Cc1c(NC(=O)NC(C)(C)C2CC2)cccc1C(=O)O. The van der Waals surface area contributed by atoms with E-state index < -0.39 is 5.97 Å². The van der Waals surface area contributed by atoms with Gasteiger partial charge in [0.05, 0.1) is 5.56 Å². The zero-order valence-corrected chi connectivity index (χ0v) is 12.0. The van der Waals surface area contributed by atoms with Gasteiger partial charge in [0.15, 0.2) is 0 Å². The van der Waals surface area contributed by atoms with E-state index in [1.807, 2.05) is 13.8 Å². The highest BCUT2D eigenvalue weighted by Crippen LogP contribution is 2.39. The second-order valence-corrected chi connectivity index (χ2v) is 5.86. The molecule has 0 atom stereocenters. The van der Waals surface area contributed by atoms with Crippen LogP contribution in [0.1, 0.15) is 42.6 Å². The Morgan fingerprint density at radius 3 is 2.50 bits per heavy atom. The standard InChI is InChI=1S/C15H20N2O3/c1-9-11(13(18)19)5-4-6-12(9)16-14(20)17-15(2,3)10-7-8-10/h4-6,10H,7-8H2,1-3H3,(H,18,19)(H2,16,17,20). The van der Waals surface area contributed by atoms with Crippen molar-refractivity contribution in [1.82, 2.24) is 5.32 Å². The minimum atomic E-state index is -0.995. The van der Waals surface area contributed by atoms with Crippen LogP contribution in [0, 0.1) is 12.8 Å². The van der Waals surface area contributed by atoms with E-state index >= 15 is 0 Å². The molecule has 0 bridgehead atoms. The maximum absolute atomic E-state index is 12.0. The number of carbonyl (C=O) groups excluding carboxylic acids is 1. The Hall–Kier alpha value is -2.04. The minimum Gasteiger partial charge on any atom is -0.478 e. The van der Waals surface area contributed by atoms with Crippen LogP contribution in [-0.4, -0.2) is 22.6 Å². The number of rotatable bonds is 4. The molecule has 20 heavy (non-hydrogen) atoms. The van der Waals surface area contributed by atoms with Crippen molar-refractivity contribution in [3.8, 4) is 0 Å². The number of hydrogen-bond acceptors (Lipinski definition) is 2. The van der Waals surface area contributed by atoms with Gasteiger partial charge < -0.3 is 15.7 Å². The molecule has 0 aromatic heterocycles. The van der Waals surface area contributed by atoms with Crippen LogP contribution in [0.4, 0.5) is 10.5 Å². The summed E-state index contributed by atoms with van der Waals surface area (Å²) in [7, 11) is 0. The fourth-order valence-corrected chi connectivity index (χ4v) is 2.36. The van der Waals surface area contributed by atoms with Gasteiger partial charge in [-0.05, 0) is 57.2 Å². The summed E-state index contributed by atoms with van der Waals surface area (Å²) in [4.78, 5) is 23.1. The van der Waals surface area contributed by atoms with Crippen LogP contribution in [0.25, 0.3) is 0 Å². The van der Waals surface area contributed by atoms with E-state index in [1.54, 1.807) is 19.1 Å². The molecule has 0 spiro atoms. The number of carboxylic acid groups (broad SMARTS) is 1. The molecule has 3 N–H and O–H groups in total. The summed E-state index contributed by atoms with van der Waals surface area (Å²) >= 11 is 0. The predicted octanol–water partition coefficient (Wildman–Crippen LogP) is 3.00. The molecule has 0 aliphatic heterocycles. The molecule has 1 aromatic carbocycles. The lowest BCUT2D eigenvalue weighted by molar-refractivity contribution is 0.0696. The lowest BCUT2D eigenvalue weighted by Gasteiger charge is -2.26. The summed E-state index contributed by atoms with van der Waals surface area (Å²) in [6.45, 7) is 5.70. The first-order valence-corrected chi connectivity index (χ1v) is 6.73. The van der Waals surface area contributed by atoms with Crippen molar-refractivity contribution in [1.29, 1.82) is 0 Å². The zero-order valence-electron chi connectivity index (χ0n) is 12.0. The van der Waals surface area contributed by atoms with Crippen molar-refractivity contribution in [2.75, 3.05) is 5.32 Å². The van der Waals surface area contributed by atoms with Crippen LogP contribution in [0.3, 0.4) is 0 Å². The Morgan fingerprint density at radius 2 is 1.95 bits per heavy atom. The predicted molar refractivity (Wildman–Crippen MR) is 77.1 cm³/mol. The molecular weight excluding hydrogens is 256 g/mol. The fraction of sp³-hybridized carbons (Fsp3) is 0.467. The van der Waals surface area contributed by atoms with E-state index in [0.717, 1.165) is 12.8 Å². The third-order valence-electron chi connectivity index (χ3n) is 3.85. The molecule has 0 radical (unpaired) electrons. The molecule has 1 aromatic rings. The van der Waals surface area contributed by atoms with Gasteiger partial charge in [-0.15, -0.1) is 0 Å². The molecular formula is C15H20N2O3. The minimum absolute atomic E-state index is 0.198. The summed E-state index contributed by atoms with van der Waals surface area (Å²) in [6, 6.07) is 4.55. The molecule has 2 amide bonds. The largest absolute Gasteiger partial charge is 0.478 e. The molecule has 0 heterocycles. The van der Waals surface area contributed by atoms with Crippen LogP contribution in [0.2, 0.25) is 0 Å². The fourth-order valence-electron chi connectivity index (χ4n) is 2.36. The molecule has 1 aliphatic carbocycles. The Balaban J connectivity index is 2.08. The van der Waals surface area contributed by atoms with Crippen molar-refractivity contribution < 1.29 is 14.7 Å². The van der Waals surface area contributed by atoms with Gasteiger partial charge in [-0.3, -0.25) is 0 Å². The van der Waals surface area contributed by atoms with Crippen molar-refractivity contribution in [2.24, 2.45) is 5.92 Å². The molecule has 5 nitrogen and oxygen atoms in total. The third kappa shape index (κ3) is 3.10. The lowest BCUT2D eigenvalue weighted by Crippen LogP contribution is -2.47. The number of nitrogens with one attached hydrogen (secondary N) is 2. The van der Waals surface area contributed by atoms with E-state index in [4.69, 9.17) is 5.11 Å². The topological polar surface area (TPSA) is 78.4 Å². The van der Waals surface area contributed by atoms with E-state index in [2.05, 4.69) is 10.6 Å². The number of carboxylic acids is 1. The van der Waals surface area contributed by atoms with Gasteiger partial charge in [0.2, 0.25) is 0 Å². The first-order chi connectivity index (χ1) is 9.31. The van der Waals surface area contributed by atoms with Crippen molar-refractivity contribution in [3.63, 3.8) is 0 Å². The monoisotopic (exact) mass is 276 g/mol. The average Bonchev–Trinajstić information content (AvgIpc) is 3.14. The number of anilines is 1. The number of urea groups is 1. The van der Waals surface area contributed by atoms with Gasteiger partial charge >= 0.3 is 12.0 Å². The van der Waals surface area contributed by atoms with Crippen LogP contribution in [0.15, 0.2) is 18.2 Å². The lowest BCUT2D eigenvalue weighted by atomic mass is 9.99. The quantitative estimate of drug-likeness (QED) is 0.791. The van der Waals surface area contributed by atoms with Gasteiger partial charge in [-0.25, -0.2) is 9.59 Å². The summed E-state index contributed by atoms with van der Waals surface area (Å²) in [5.41, 5.74) is 1.04. The second kappa shape index (κ2) is 5.15. The van der Waals surface area contributed by atoms with Gasteiger partial charge in [0.1, 0.15) is 0 Å². The van der Waals surface area contributed by atoms with Crippen LogP contribution >= 0.6 is 0 Å². The van der Waals surface area contributed by atoms with Crippen LogP contribution in [-0.2, 0) is 0 Å². The zero-order chi connectivity index (χ0) is 14.9. The maximum atomic E-state index is 12.0. The Labute approximate surface area is 118 Å². The first-order valence-electron chi connectivity index (χ1n) is 6.73. The Kier molecular flexibility index (Phi) is 3.70. The van der Waals surface area contributed by atoms with Crippen molar-refractivity contribution in [3.05, 3.63) is 29.3 Å². The normalized spacial score (nSPS) is 14.8. The number of amides is 2. The Bertz CT molecular complexity index is 548.